The predicted molar refractivity (Wildman–Crippen MR) is 71.2 cm³/mol. The van der Waals surface area contributed by atoms with E-state index in [0.29, 0.717) is 5.88 Å². The molecular formula is C14H19ClFN. The monoisotopic (exact) mass is 255 g/mol. The molecule has 0 N–H and O–H groups in total. The number of halogens is 2. The molecule has 3 heteroatoms. The topological polar surface area (TPSA) is 3.24 Å². The minimum Gasteiger partial charge on any atom is -0.371 e. The number of alkyl halides is 1. The number of hydrogen-bond donors (Lipinski definition) is 0. The van der Waals surface area contributed by atoms with E-state index in [0.717, 1.165) is 30.3 Å². The molecule has 2 rings (SSSR count). The molecule has 17 heavy (non-hydrogen) atoms. The van der Waals surface area contributed by atoms with Crippen molar-refractivity contribution in [2.75, 3.05) is 18.0 Å². The van der Waals surface area contributed by atoms with Gasteiger partial charge < -0.3 is 4.90 Å². The molecule has 1 saturated heterocycles. The molecule has 1 aliphatic heterocycles. The Bertz CT molecular complexity index is 380. The summed E-state index contributed by atoms with van der Waals surface area (Å²) in [6.45, 7) is 4.33. The van der Waals surface area contributed by atoms with Gasteiger partial charge >= 0.3 is 0 Å². The molecule has 1 aromatic carbocycles. The van der Waals surface area contributed by atoms with Gasteiger partial charge in [-0.1, -0.05) is 6.92 Å². The fourth-order valence-electron chi connectivity index (χ4n) is 2.41. The zero-order chi connectivity index (χ0) is 12.3. The van der Waals surface area contributed by atoms with E-state index < -0.39 is 0 Å². The quantitative estimate of drug-likeness (QED) is 0.717. The van der Waals surface area contributed by atoms with Crippen LogP contribution in [0.5, 0.6) is 0 Å². The van der Waals surface area contributed by atoms with Crippen molar-refractivity contribution in [2.24, 2.45) is 5.92 Å². The molecular weight excluding hydrogens is 237 g/mol. The maximum Gasteiger partial charge on any atom is 0.125 e. The fourth-order valence-corrected chi connectivity index (χ4v) is 2.57. The lowest BCUT2D eigenvalue weighted by atomic mass is 10.0. The van der Waals surface area contributed by atoms with Gasteiger partial charge in [0.25, 0.3) is 0 Å². The molecule has 1 aliphatic rings. The van der Waals surface area contributed by atoms with E-state index in [1.165, 1.54) is 25.3 Å². The summed E-state index contributed by atoms with van der Waals surface area (Å²) in [5.74, 6) is 0.964. The number of nitrogens with zero attached hydrogens (tertiary/aromatic N) is 1. The molecule has 1 atom stereocenters. The lowest BCUT2D eigenvalue weighted by Gasteiger charge is -2.23. The van der Waals surface area contributed by atoms with Gasteiger partial charge in [-0.05, 0) is 48.9 Å². The lowest BCUT2D eigenvalue weighted by Crippen LogP contribution is -2.24. The highest BCUT2D eigenvalue weighted by Crippen LogP contribution is 2.24. The third-order valence-corrected chi connectivity index (χ3v) is 3.79. The second-order valence-corrected chi connectivity index (χ2v) is 5.24. The van der Waals surface area contributed by atoms with Gasteiger partial charge in [0.05, 0.1) is 0 Å². The summed E-state index contributed by atoms with van der Waals surface area (Å²) < 4.78 is 13.5. The zero-order valence-electron chi connectivity index (χ0n) is 10.3. The molecule has 0 spiro atoms. The van der Waals surface area contributed by atoms with Crippen LogP contribution in [0, 0.1) is 11.7 Å². The summed E-state index contributed by atoms with van der Waals surface area (Å²) in [6.07, 6.45) is 3.65. The normalized spacial score (nSPS) is 21.4. The van der Waals surface area contributed by atoms with Crippen LogP contribution in [-0.4, -0.2) is 13.1 Å². The largest absolute Gasteiger partial charge is 0.371 e. The van der Waals surface area contributed by atoms with Crippen molar-refractivity contribution >= 4 is 17.3 Å². The van der Waals surface area contributed by atoms with Gasteiger partial charge in [0.15, 0.2) is 0 Å². The highest BCUT2D eigenvalue weighted by atomic mass is 35.5. The molecule has 0 radical (unpaired) electrons. The Kier molecular flexibility index (Phi) is 4.27. The highest BCUT2D eigenvalue weighted by molar-refractivity contribution is 6.17. The minimum absolute atomic E-state index is 0.185. The van der Waals surface area contributed by atoms with E-state index in [4.69, 9.17) is 11.6 Å². The van der Waals surface area contributed by atoms with Crippen molar-refractivity contribution in [3.8, 4) is 0 Å². The Morgan fingerprint density at radius 2 is 2.12 bits per heavy atom. The average molecular weight is 256 g/mol. The van der Waals surface area contributed by atoms with Gasteiger partial charge in [0.2, 0.25) is 0 Å². The van der Waals surface area contributed by atoms with Crippen LogP contribution in [0.3, 0.4) is 0 Å². The SMILES string of the molecule is CC1CCCN(c2cc(F)cc(CCl)c2)CC1. The Hall–Kier alpha value is -0.760. The molecule has 0 bridgehead atoms. The molecule has 0 aromatic heterocycles. The zero-order valence-corrected chi connectivity index (χ0v) is 11.0. The molecule has 1 unspecified atom stereocenters. The lowest BCUT2D eigenvalue weighted by molar-refractivity contribution is 0.521. The number of benzene rings is 1. The summed E-state index contributed by atoms with van der Waals surface area (Å²) in [4.78, 5) is 2.28. The number of rotatable bonds is 2. The van der Waals surface area contributed by atoms with Gasteiger partial charge in [-0.15, -0.1) is 11.6 Å². The predicted octanol–water partition coefficient (Wildman–Crippen LogP) is 4.19. The Morgan fingerprint density at radius 3 is 2.88 bits per heavy atom. The van der Waals surface area contributed by atoms with E-state index in [2.05, 4.69) is 11.8 Å². The maximum absolute atomic E-state index is 13.5. The first kappa shape index (κ1) is 12.7. The summed E-state index contributed by atoms with van der Waals surface area (Å²) in [5, 5.41) is 0. The van der Waals surface area contributed by atoms with Crippen LogP contribution in [0.25, 0.3) is 0 Å². The van der Waals surface area contributed by atoms with Gasteiger partial charge in [-0.25, -0.2) is 4.39 Å². The molecule has 94 valence electrons. The standard InChI is InChI=1S/C14H19ClFN/c1-11-3-2-5-17(6-4-11)14-8-12(10-15)7-13(16)9-14/h7-9,11H,2-6,10H2,1H3. The summed E-state index contributed by atoms with van der Waals surface area (Å²) >= 11 is 5.78. The van der Waals surface area contributed by atoms with Crippen LogP contribution >= 0.6 is 11.6 Å². The maximum atomic E-state index is 13.5. The van der Waals surface area contributed by atoms with Crippen LogP contribution in [0.4, 0.5) is 10.1 Å². The highest BCUT2D eigenvalue weighted by Gasteiger charge is 2.15. The van der Waals surface area contributed by atoms with Gasteiger partial charge in [-0.2, -0.15) is 0 Å². The average Bonchev–Trinajstić information content (AvgIpc) is 2.53. The Balaban J connectivity index is 2.17. The molecule has 0 amide bonds. The Morgan fingerprint density at radius 1 is 1.29 bits per heavy atom. The van der Waals surface area contributed by atoms with Gasteiger partial charge in [0, 0.05) is 24.7 Å². The molecule has 1 fully saturated rings. The minimum atomic E-state index is -0.185. The molecule has 0 aliphatic carbocycles. The van der Waals surface area contributed by atoms with E-state index in [-0.39, 0.29) is 5.82 Å². The second kappa shape index (κ2) is 5.72. The first-order chi connectivity index (χ1) is 8.19. The number of anilines is 1. The van der Waals surface area contributed by atoms with Crippen molar-refractivity contribution < 1.29 is 4.39 Å². The van der Waals surface area contributed by atoms with E-state index in [1.807, 2.05) is 6.07 Å². The van der Waals surface area contributed by atoms with Crippen molar-refractivity contribution in [3.63, 3.8) is 0 Å². The first-order valence-corrected chi connectivity index (χ1v) is 6.83. The van der Waals surface area contributed by atoms with Crippen LogP contribution < -0.4 is 4.90 Å². The third kappa shape index (κ3) is 3.35. The Labute approximate surface area is 108 Å². The first-order valence-electron chi connectivity index (χ1n) is 6.29. The molecule has 0 saturated carbocycles. The van der Waals surface area contributed by atoms with Gasteiger partial charge in [0.1, 0.15) is 5.82 Å². The molecule has 1 heterocycles. The van der Waals surface area contributed by atoms with Crippen LogP contribution in [-0.2, 0) is 5.88 Å². The van der Waals surface area contributed by atoms with Crippen LogP contribution in [0.1, 0.15) is 31.7 Å². The van der Waals surface area contributed by atoms with E-state index in [1.54, 1.807) is 6.07 Å². The van der Waals surface area contributed by atoms with Crippen molar-refractivity contribution in [3.05, 3.63) is 29.6 Å². The van der Waals surface area contributed by atoms with Gasteiger partial charge in [-0.3, -0.25) is 0 Å². The number of hydrogen-bond acceptors (Lipinski definition) is 1. The van der Waals surface area contributed by atoms with E-state index >= 15 is 0 Å². The summed E-state index contributed by atoms with van der Waals surface area (Å²) in [6, 6.07) is 5.13. The molecule has 1 aromatic rings. The molecule has 1 nitrogen and oxygen atoms in total. The third-order valence-electron chi connectivity index (χ3n) is 3.48. The fraction of sp³-hybridized carbons (Fsp3) is 0.571. The smallest absolute Gasteiger partial charge is 0.125 e. The van der Waals surface area contributed by atoms with Crippen molar-refractivity contribution in [2.45, 2.75) is 32.1 Å². The summed E-state index contributed by atoms with van der Waals surface area (Å²) in [7, 11) is 0. The van der Waals surface area contributed by atoms with Crippen molar-refractivity contribution in [1.29, 1.82) is 0 Å². The van der Waals surface area contributed by atoms with Crippen molar-refractivity contribution in [1.82, 2.24) is 0 Å². The second-order valence-electron chi connectivity index (χ2n) is 4.97. The summed E-state index contributed by atoms with van der Waals surface area (Å²) in [5.41, 5.74) is 1.84. The van der Waals surface area contributed by atoms with Crippen LogP contribution in [0.2, 0.25) is 0 Å². The van der Waals surface area contributed by atoms with Crippen LogP contribution in [0.15, 0.2) is 18.2 Å². The van der Waals surface area contributed by atoms with E-state index in [9.17, 15) is 4.39 Å².